The molecule has 1 unspecified atom stereocenters. The molecule has 0 saturated heterocycles. The highest BCUT2D eigenvalue weighted by Crippen LogP contribution is 2.34. The van der Waals surface area contributed by atoms with Crippen LogP contribution in [0.5, 0.6) is 0 Å². The van der Waals surface area contributed by atoms with E-state index in [0.29, 0.717) is 24.5 Å². The summed E-state index contributed by atoms with van der Waals surface area (Å²) >= 11 is 0. The minimum atomic E-state index is -0.0382. The molecule has 5 nitrogen and oxygen atoms in total. The SMILES string of the molecule is CC(C1CC1)N(C)C(=O)C1=NN(C)C(=O)CC1. The highest BCUT2D eigenvalue weighted by atomic mass is 16.2. The van der Waals surface area contributed by atoms with Crippen LogP contribution in [0.4, 0.5) is 0 Å². The Morgan fingerprint density at radius 2 is 2.12 bits per heavy atom. The van der Waals surface area contributed by atoms with E-state index in [-0.39, 0.29) is 17.9 Å². The molecule has 1 atom stereocenters. The van der Waals surface area contributed by atoms with Crippen LogP contribution in [-0.2, 0) is 9.59 Å². The van der Waals surface area contributed by atoms with Crippen LogP contribution < -0.4 is 0 Å². The van der Waals surface area contributed by atoms with Gasteiger partial charge in [-0.15, -0.1) is 0 Å². The fraction of sp³-hybridized carbons (Fsp3) is 0.750. The van der Waals surface area contributed by atoms with E-state index in [9.17, 15) is 9.59 Å². The van der Waals surface area contributed by atoms with Crippen LogP contribution in [0.15, 0.2) is 5.10 Å². The first-order valence-corrected chi connectivity index (χ1v) is 6.12. The first kappa shape index (κ1) is 12.1. The second-order valence-electron chi connectivity index (χ2n) is 4.96. The van der Waals surface area contributed by atoms with Crippen molar-refractivity contribution in [2.45, 2.75) is 38.6 Å². The molecule has 0 bridgehead atoms. The Bertz CT molecular complexity index is 374. The zero-order valence-electron chi connectivity index (χ0n) is 10.6. The van der Waals surface area contributed by atoms with Gasteiger partial charge in [0.1, 0.15) is 5.71 Å². The lowest BCUT2D eigenvalue weighted by molar-refractivity contribution is -0.130. The molecule has 1 aliphatic carbocycles. The average Bonchev–Trinajstić information content (AvgIpc) is 3.14. The lowest BCUT2D eigenvalue weighted by Gasteiger charge is -2.27. The zero-order chi connectivity index (χ0) is 12.6. The van der Waals surface area contributed by atoms with Gasteiger partial charge >= 0.3 is 0 Å². The first-order valence-electron chi connectivity index (χ1n) is 6.12. The summed E-state index contributed by atoms with van der Waals surface area (Å²) in [5, 5.41) is 5.33. The number of nitrogens with zero attached hydrogens (tertiary/aromatic N) is 3. The van der Waals surface area contributed by atoms with Gasteiger partial charge in [-0.25, -0.2) is 5.01 Å². The van der Waals surface area contributed by atoms with E-state index in [1.165, 1.54) is 17.9 Å². The first-order chi connectivity index (χ1) is 8.00. The largest absolute Gasteiger partial charge is 0.338 e. The number of carbonyl (C=O) groups is 2. The lowest BCUT2D eigenvalue weighted by atomic mass is 10.1. The van der Waals surface area contributed by atoms with E-state index in [4.69, 9.17) is 0 Å². The van der Waals surface area contributed by atoms with Crippen molar-refractivity contribution in [3.05, 3.63) is 0 Å². The maximum absolute atomic E-state index is 12.2. The van der Waals surface area contributed by atoms with Gasteiger partial charge in [0.05, 0.1) is 0 Å². The highest BCUT2D eigenvalue weighted by molar-refractivity contribution is 6.39. The van der Waals surface area contributed by atoms with Crippen molar-refractivity contribution >= 4 is 17.5 Å². The van der Waals surface area contributed by atoms with Gasteiger partial charge in [-0.3, -0.25) is 9.59 Å². The summed E-state index contributed by atoms with van der Waals surface area (Å²) in [6.45, 7) is 2.08. The van der Waals surface area contributed by atoms with Crippen molar-refractivity contribution in [1.29, 1.82) is 0 Å². The molecule has 0 aromatic carbocycles. The second-order valence-corrected chi connectivity index (χ2v) is 4.96. The smallest absolute Gasteiger partial charge is 0.270 e. The van der Waals surface area contributed by atoms with Gasteiger partial charge in [-0.2, -0.15) is 5.10 Å². The fourth-order valence-corrected chi connectivity index (χ4v) is 2.11. The van der Waals surface area contributed by atoms with Crippen molar-refractivity contribution < 1.29 is 9.59 Å². The maximum atomic E-state index is 12.2. The summed E-state index contributed by atoms with van der Waals surface area (Å²) in [6, 6.07) is 0.271. The molecule has 0 aromatic heterocycles. The molecule has 1 saturated carbocycles. The van der Waals surface area contributed by atoms with Gasteiger partial charge in [0.15, 0.2) is 0 Å². The summed E-state index contributed by atoms with van der Waals surface area (Å²) in [5.41, 5.74) is 0.502. The fourth-order valence-electron chi connectivity index (χ4n) is 2.11. The Hall–Kier alpha value is -1.39. The summed E-state index contributed by atoms with van der Waals surface area (Å²) in [5.74, 6) is 0.579. The van der Waals surface area contributed by atoms with Gasteiger partial charge in [0.2, 0.25) is 5.91 Å². The Kier molecular flexibility index (Phi) is 3.17. The molecule has 2 rings (SSSR count). The molecule has 2 amide bonds. The molecular formula is C12H19N3O2. The van der Waals surface area contributed by atoms with Crippen molar-refractivity contribution in [2.24, 2.45) is 11.0 Å². The molecule has 5 heteroatoms. The van der Waals surface area contributed by atoms with Gasteiger partial charge < -0.3 is 4.90 Å². The quantitative estimate of drug-likeness (QED) is 0.730. The Labute approximate surface area is 101 Å². The third-order valence-corrected chi connectivity index (χ3v) is 3.69. The Morgan fingerprint density at radius 1 is 1.47 bits per heavy atom. The summed E-state index contributed by atoms with van der Waals surface area (Å²) in [4.78, 5) is 25.2. The van der Waals surface area contributed by atoms with Crippen LogP contribution >= 0.6 is 0 Å². The van der Waals surface area contributed by atoms with E-state index < -0.39 is 0 Å². The summed E-state index contributed by atoms with van der Waals surface area (Å²) < 4.78 is 0. The van der Waals surface area contributed by atoms with Crippen molar-refractivity contribution in [3.63, 3.8) is 0 Å². The second kappa shape index (κ2) is 4.47. The van der Waals surface area contributed by atoms with E-state index >= 15 is 0 Å². The van der Waals surface area contributed by atoms with Crippen LogP contribution in [0.2, 0.25) is 0 Å². The lowest BCUT2D eigenvalue weighted by Crippen LogP contribution is -2.43. The molecular weight excluding hydrogens is 218 g/mol. The Morgan fingerprint density at radius 3 is 2.65 bits per heavy atom. The molecule has 1 fully saturated rings. The third kappa shape index (κ3) is 2.48. The third-order valence-electron chi connectivity index (χ3n) is 3.69. The van der Waals surface area contributed by atoms with Gasteiger partial charge in [-0.05, 0) is 25.7 Å². The predicted octanol–water partition coefficient (Wildman–Crippen LogP) is 0.851. The molecule has 94 valence electrons. The van der Waals surface area contributed by atoms with Crippen molar-refractivity contribution in [1.82, 2.24) is 9.91 Å². The van der Waals surface area contributed by atoms with Crippen LogP contribution in [-0.4, -0.2) is 47.6 Å². The van der Waals surface area contributed by atoms with E-state index in [1.54, 1.807) is 11.9 Å². The standard InChI is InChI=1S/C12H19N3O2/c1-8(9-4-5-9)14(2)12(17)10-6-7-11(16)15(3)13-10/h8-9H,4-7H2,1-3H3. The van der Waals surface area contributed by atoms with Crippen LogP contribution in [0.3, 0.4) is 0 Å². The number of hydrogen-bond acceptors (Lipinski definition) is 3. The number of hydrogen-bond donors (Lipinski definition) is 0. The molecule has 1 heterocycles. The number of hydrazone groups is 1. The topological polar surface area (TPSA) is 53.0 Å². The number of rotatable bonds is 3. The molecule has 0 aromatic rings. The van der Waals surface area contributed by atoms with E-state index in [0.717, 1.165) is 0 Å². The number of carbonyl (C=O) groups excluding carboxylic acids is 2. The molecule has 1 aliphatic heterocycles. The molecule has 0 radical (unpaired) electrons. The molecule has 2 aliphatic rings. The van der Waals surface area contributed by atoms with E-state index in [2.05, 4.69) is 12.0 Å². The van der Waals surface area contributed by atoms with Gasteiger partial charge in [-0.1, -0.05) is 0 Å². The van der Waals surface area contributed by atoms with Crippen LogP contribution in [0.1, 0.15) is 32.6 Å². The normalized spacial score (nSPS) is 22.2. The summed E-state index contributed by atoms with van der Waals surface area (Å²) in [7, 11) is 3.42. The molecule has 17 heavy (non-hydrogen) atoms. The predicted molar refractivity (Wildman–Crippen MR) is 64.4 cm³/mol. The Balaban J connectivity index is 2.04. The van der Waals surface area contributed by atoms with Gasteiger partial charge in [0.25, 0.3) is 5.91 Å². The minimum Gasteiger partial charge on any atom is -0.338 e. The van der Waals surface area contributed by atoms with E-state index in [1.807, 2.05) is 7.05 Å². The summed E-state index contributed by atoms with van der Waals surface area (Å²) in [6.07, 6.45) is 3.27. The molecule has 0 N–H and O–H groups in total. The van der Waals surface area contributed by atoms with Gasteiger partial charge in [0, 0.05) is 33.0 Å². The zero-order valence-corrected chi connectivity index (χ0v) is 10.6. The maximum Gasteiger partial charge on any atom is 0.270 e. The monoisotopic (exact) mass is 237 g/mol. The molecule has 0 spiro atoms. The van der Waals surface area contributed by atoms with Crippen molar-refractivity contribution in [3.8, 4) is 0 Å². The average molecular weight is 237 g/mol. The van der Waals surface area contributed by atoms with Crippen molar-refractivity contribution in [2.75, 3.05) is 14.1 Å². The van der Waals surface area contributed by atoms with Crippen LogP contribution in [0.25, 0.3) is 0 Å². The van der Waals surface area contributed by atoms with Crippen LogP contribution in [0, 0.1) is 5.92 Å². The number of amides is 2. The minimum absolute atomic E-state index is 0.0283. The highest BCUT2D eigenvalue weighted by Gasteiger charge is 2.34.